The third-order valence-corrected chi connectivity index (χ3v) is 2.26. The Hall–Kier alpha value is -2.21. The third kappa shape index (κ3) is 2.67. The third-order valence-electron chi connectivity index (χ3n) is 2.26. The molecule has 0 unspecified atom stereocenters. The van der Waals surface area contributed by atoms with Gasteiger partial charge in [-0.15, -0.1) is 0 Å². The Balaban J connectivity index is 2.09. The molecule has 2 aromatic heterocycles. The summed E-state index contributed by atoms with van der Waals surface area (Å²) in [6.45, 7) is 0.414. The maximum absolute atomic E-state index is 11.8. The van der Waals surface area contributed by atoms with Crippen molar-refractivity contribution in [2.75, 3.05) is 5.32 Å². The van der Waals surface area contributed by atoms with Crippen molar-refractivity contribution >= 4 is 11.6 Å². The standard InChI is InChI=1S/C11H13N5O/c1-16-7-9(6-14-16)15-11(17)10-3-2-8(4-12)5-13-10/h2-3,5-7H,4,12H2,1H3,(H,15,17). The molecule has 88 valence electrons. The summed E-state index contributed by atoms with van der Waals surface area (Å²) in [4.78, 5) is 15.8. The predicted octanol–water partition coefficient (Wildman–Crippen LogP) is 0.526. The van der Waals surface area contributed by atoms with E-state index in [2.05, 4.69) is 15.4 Å². The smallest absolute Gasteiger partial charge is 0.274 e. The van der Waals surface area contributed by atoms with Crippen LogP contribution < -0.4 is 11.1 Å². The maximum Gasteiger partial charge on any atom is 0.274 e. The van der Waals surface area contributed by atoms with Gasteiger partial charge in [-0.25, -0.2) is 0 Å². The Morgan fingerprint density at radius 3 is 2.82 bits per heavy atom. The number of nitrogens with one attached hydrogen (secondary N) is 1. The maximum atomic E-state index is 11.8. The molecule has 17 heavy (non-hydrogen) atoms. The van der Waals surface area contributed by atoms with Gasteiger partial charge in [0.15, 0.2) is 0 Å². The minimum atomic E-state index is -0.262. The molecule has 0 saturated heterocycles. The Morgan fingerprint density at radius 1 is 1.47 bits per heavy atom. The van der Waals surface area contributed by atoms with Gasteiger partial charge in [-0.1, -0.05) is 6.07 Å². The number of carbonyl (C=O) groups is 1. The number of nitrogens with zero attached hydrogens (tertiary/aromatic N) is 3. The van der Waals surface area contributed by atoms with Crippen LogP contribution in [0.2, 0.25) is 0 Å². The second-order valence-corrected chi connectivity index (χ2v) is 3.61. The molecule has 1 amide bonds. The molecule has 3 N–H and O–H groups in total. The van der Waals surface area contributed by atoms with E-state index in [1.807, 2.05) is 0 Å². The summed E-state index contributed by atoms with van der Waals surface area (Å²) in [5, 5.41) is 6.66. The first-order valence-electron chi connectivity index (χ1n) is 5.14. The van der Waals surface area contributed by atoms with Crippen LogP contribution in [-0.4, -0.2) is 20.7 Å². The molecule has 0 bridgehead atoms. The molecule has 0 atom stereocenters. The van der Waals surface area contributed by atoms with Crippen LogP contribution in [0.15, 0.2) is 30.7 Å². The van der Waals surface area contributed by atoms with Crippen molar-refractivity contribution in [2.45, 2.75) is 6.54 Å². The van der Waals surface area contributed by atoms with E-state index in [1.54, 1.807) is 42.5 Å². The predicted molar refractivity (Wildman–Crippen MR) is 63.3 cm³/mol. The summed E-state index contributed by atoms with van der Waals surface area (Å²) in [5.74, 6) is -0.262. The van der Waals surface area contributed by atoms with Crippen molar-refractivity contribution in [3.8, 4) is 0 Å². The highest BCUT2D eigenvalue weighted by Crippen LogP contribution is 2.06. The molecule has 2 aromatic rings. The molecule has 0 aromatic carbocycles. The van der Waals surface area contributed by atoms with Crippen molar-refractivity contribution < 1.29 is 4.79 Å². The summed E-state index contributed by atoms with van der Waals surface area (Å²) < 4.78 is 1.61. The molecule has 0 aliphatic carbocycles. The molecule has 0 saturated carbocycles. The van der Waals surface area contributed by atoms with Gasteiger partial charge in [0.1, 0.15) is 5.69 Å². The van der Waals surface area contributed by atoms with Gasteiger partial charge in [-0.05, 0) is 11.6 Å². The van der Waals surface area contributed by atoms with Crippen LogP contribution >= 0.6 is 0 Å². The Kier molecular flexibility index (Phi) is 3.15. The zero-order chi connectivity index (χ0) is 12.3. The lowest BCUT2D eigenvalue weighted by atomic mass is 10.2. The van der Waals surface area contributed by atoms with Crippen molar-refractivity contribution in [3.05, 3.63) is 42.0 Å². The molecule has 0 aliphatic heterocycles. The summed E-state index contributed by atoms with van der Waals surface area (Å²) >= 11 is 0. The zero-order valence-electron chi connectivity index (χ0n) is 9.42. The molecule has 2 rings (SSSR count). The topological polar surface area (TPSA) is 85.8 Å². The van der Waals surface area contributed by atoms with Crippen LogP contribution in [0.25, 0.3) is 0 Å². The fourth-order valence-electron chi connectivity index (χ4n) is 1.36. The summed E-state index contributed by atoms with van der Waals surface area (Å²) in [5.41, 5.74) is 7.34. The van der Waals surface area contributed by atoms with E-state index in [9.17, 15) is 4.79 Å². The first kappa shape index (κ1) is 11.3. The average Bonchev–Trinajstić information content (AvgIpc) is 2.75. The van der Waals surface area contributed by atoms with E-state index in [1.165, 1.54) is 0 Å². The fraction of sp³-hybridized carbons (Fsp3) is 0.182. The number of aromatic nitrogens is 3. The monoisotopic (exact) mass is 231 g/mol. The van der Waals surface area contributed by atoms with Crippen LogP contribution in [0.4, 0.5) is 5.69 Å². The minimum absolute atomic E-state index is 0.262. The second kappa shape index (κ2) is 4.75. The quantitative estimate of drug-likeness (QED) is 0.806. The first-order valence-corrected chi connectivity index (χ1v) is 5.14. The fourth-order valence-corrected chi connectivity index (χ4v) is 1.36. The number of aryl methyl sites for hydroxylation is 1. The lowest BCUT2D eigenvalue weighted by Gasteiger charge is -2.02. The van der Waals surface area contributed by atoms with Gasteiger partial charge in [0, 0.05) is 26.0 Å². The normalized spacial score (nSPS) is 10.2. The molecular weight excluding hydrogens is 218 g/mol. The molecular formula is C11H13N5O. The zero-order valence-corrected chi connectivity index (χ0v) is 9.42. The van der Waals surface area contributed by atoms with Gasteiger partial charge in [-0.2, -0.15) is 5.10 Å². The number of pyridine rings is 1. The second-order valence-electron chi connectivity index (χ2n) is 3.61. The molecule has 2 heterocycles. The highest BCUT2D eigenvalue weighted by molar-refractivity contribution is 6.02. The summed E-state index contributed by atoms with van der Waals surface area (Å²) in [6, 6.07) is 3.43. The highest BCUT2D eigenvalue weighted by Gasteiger charge is 2.08. The number of rotatable bonds is 3. The molecule has 6 heteroatoms. The summed E-state index contributed by atoms with van der Waals surface area (Å²) in [6.07, 6.45) is 4.89. The molecule has 0 aliphatic rings. The van der Waals surface area contributed by atoms with Crippen molar-refractivity contribution in [1.29, 1.82) is 0 Å². The minimum Gasteiger partial charge on any atom is -0.326 e. The van der Waals surface area contributed by atoms with Crippen LogP contribution in [0.5, 0.6) is 0 Å². The summed E-state index contributed by atoms with van der Waals surface area (Å²) in [7, 11) is 1.78. The van der Waals surface area contributed by atoms with E-state index < -0.39 is 0 Å². The molecule has 0 spiro atoms. The van der Waals surface area contributed by atoms with Crippen LogP contribution in [-0.2, 0) is 13.6 Å². The van der Waals surface area contributed by atoms with Crippen molar-refractivity contribution in [3.63, 3.8) is 0 Å². The Bertz CT molecular complexity index is 517. The van der Waals surface area contributed by atoms with Crippen molar-refractivity contribution in [2.24, 2.45) is 12.8 Å². The first-order chi connectivity index (χ1) is 8.19. The van der Waals surface area contributed by atoms with Crippen LogP contribution in [0.1, 0.15) is 16.1 Å². The van der Waals surface area contributed by atoms with Gasteiger partial charge in [-0.3, -0.25) is 14.5 Å². The van der Waals surface area contributed by atoms with Gasteiger partial charge in [0.05, 0.1) is 11.9 Å². The highest BCUT2D eigenvalue weighted by atomic mass is 16.1. The number of hydrogen-bond donors (Lipinski definition) is 2. The SMILES string of the molecule is Cn1cc(NC(=O)c2ccc(CN)cn2)cn1. The Morgan fingerprint density at radius 2 is 2.29 bits per heavy atom. The number of carbonyl (C=O) groups excluding carboxylic acids is 1. The number of nitrogens with two attached hydrogens (primary N) is 1. The van der Waals surface area contributed by atoms with E-state index in [4.69, 9.17) is 5.73 Å². The number of amides is 1. The van der Waals surface area contributed by atoms with E-state index in [-0.39, 0.29) is 5.91 Å². The number of hydrogen-bond acceptors (Lipinski definition) is 4. The lowest BCUT2D eigenvalue weighted by Crippen LogP contribution is -2.13. The molecule has 0 fully saturated rings. The lowest BCUT2D eigenvalue weighted by molar-refractivity contribution is 0.102. The van der Waals surface area contributed by atoms with Gasteiger partial charge < -0.3 is 11.1 Å². The largest absolute Gasteiger partial charge is 0.326 e. The van der Waals surface area contributed by atoms with Gasteiger partial charge in [0.2, 0.25) is 0 Å². The average molecular weight is 231 g/mol. The van der Waals surface area contributed by atoms with Crippen LogP contribution in [0.3, 0.4) is 0 Å². The van der Waals surface area contributed by atoms with E-state index in [0.29, 0.717) is 17.9 Å². The van der Waals surface area contributed by atoms with Gasteiger partial charge >= 0.3 is 0 Å². The van der Waals surface area contributed by atoms with Gasteiger partial charge in [0.25, 0.3) is 5.91 Å². The van der Waals surface area contributed by atoms with E-state index >= 15 is 0 Å². The van der Waals surface area contributed by atoms with Crippen LogP contribution in [0, 0.1) is 0 Å². The molecule has 6 nitrogen and oxygen atoms in total. The number of anilines is 1. The van der Waals surface area contributed by atoms with Crippen molar-refractivity contribution in [1.82, 2.24) is 14.8 Å². The Labute approximate surface area is 98.5 Å². The molecule has 0 radical (unpaired) electrons. The van der Waals surface area contributed by atoms with E-state index in [0.717, 1.165) is 5.56 Å².